The SMILES string of the molecule is CC1(C)c2ccccc2Oc2c(N(c3ccc(-c4ccccc4-c4ccccc4)cc3)c3ccc(-c4ccccc4-c4ccccc4)cc3)cccc21. The monoisotopic (exact) mass is 681 g/mol. The van der Waals surface area contributed by atoms with Crippen LogP contribution in [0.25, 0.3) is 44.5 Å². The van der Waals surface area contributed by atoms with Crippen LogP contribution >= 0.6 is 0 Å². The van der Waals surface area contributed by atoms with Crippen molar-refractivity contribution >= 4 is 17.1 Å². The number of nitrogens with zero attached hydrogens (tertiary/aromatic N) is 1. The molecule has 254 valence electrons. The highest BCUT2D eigenvalue weighted by Crippen LogP contribution is 2.53. The van der Waals surface area contributed by atoms with E-state index in [1.54, 1.807) is 0 Å². The Hall–Kier alpha value is -6.64. The van der Waals surface area contributed by atoms with Gasteiger partial charge in [-0.3, -0.25) is 0 Å². The molecule has 8 aromatic rings. The summed E-state index contributed by atoms with van der Waals surface area (Å²) in [5.74, 6) is 1.78. The Bertz CT molecular complexity index is 2410. The number of hydrogen-bond acceptors (Lipinski definition) is 2. The fourth-order valence-electron chi connectivity index (χ4n) is 7.84. The summed E-state index contributed by atoms with van der Waals surface area (Å²) in [6.07, 6.45) is 0. The van der Waals surface area contributed by atoms with Gasteiger partial charge in [-0.15, -0.1) is 0 Å². The lowest BCUT2D eigenvalue weighted by atomic mass is 9.75. The van der Waals surface area contributed by atoms with Gasteiger partial charge in [0.15, 0.2) is 5.75 Å². The molecule has 0 saturated heterocycles. The van der Waals surface area contributed by atoms with Gasteiger partial charge in [0.1, 0.15) is 5.75 Å². The van der Waals surface area contributed by atoms with E-state index in [0.717, 1.165) is 28.6 Å². The molecule has 2 heteroatoms. The van der Waals surface area contributed by atoms with Crippen molar-refractivity contribution in [1.29, 1.82) is 0 Å². The van der Waals surface area contributed by atoms with E-state index in [0.29, 0.717) is 0 Å². The number of benzene rings is 8. The summed E-state index contributed by atoms with van der Waals surface area (Å²) in [6, 6.07) is 71.4. The summed E-state index contributed by atoms with van der Waals surface area (Å²) in [5.41, 5.74) is 14.8. The van der Waals surface area contributed by atoms with Crippen molar-refractivity contribution in [3.8, 4) is 56.0 Å². The quantitative estimate of drug-likeness (QED) is 0.166. The molecule has 1 aliphatic rings. The topological polar surface area (TPSA) is 12.5 Å². The average Bonchev–Trinajstić information content (AvgIpc) is 3.22. The highest BCUT2D eigenvalue weighted by Gasteiger charge is 2.36. The van der Waals surface area contributed by atoms with E-state index in [2.05, 4.69) is 219 Å². The van der Waals surface area contributed by atoms with Crippen molar-refractivity contribution < 1.29 is 4.74 Å². The maximum Gasteiger partial charge on any atom is 0.155 e. The molecule has 0 fully saturated rings. The second-order valence-electron chi connectivity index (χ2n) is 14.1. The van der Waals surface area contributed by atoms with E-state index in [9.17, 15) is 0 Å². The first-order valence-corrected chi connectivity index (χ1v) is 18.3. The lowest BCUT2D eigenvalue weighted by Gasteiger charge is -2.37. The molecule has 53 heavy (non-hydrogen) atoms. The van der Waals surface area contributed by atoms with Crippen molar-refractivity contribution in [2.75, 3.05) is 4.90 Å². The Balaban J connectivity index is 1.17. The molecule has 0 radical (unpaired) electrons. The fraction of sp³-hybridized carbons (Fsp3) is 0.0588. The molecule has 0 saturated carbocycles. The van der Waals surface area contributed by atoms with Crippen LogP contribution in [-0.2, 0) is 5.41 Å². The molecule has 0 spiro atoms. The number of anilines is 3. The Morgan fingerprint density at radius 2 is 0.755 bits per heavy atom. The van der Waals surface area contributed by atoms with Crippen LogP contribution in [0.3, 0.4) is 0 Å². The van der Waals surface area contributed by atoms with Gasteiger partial charge in [-0.2, -0.15) is 0 Å². The van der Waals surface area contributed by atoms with Gasteiger partial charge >= 0.3 is 0 Å². The van der Waals surface area contributed by atoms with Crippen LogP contribution in [0.1, 0.15) is 25.0 Å². The molecule has 0 atom stereocenters. The van der Waals surface area contributed by atoms with Crippen molar-refractivity contribution in [3.05, 3.63) is 211 Å². The van der Waals surface area contributed by atoms with Crippen molar-refractivity contribution in [2.45, 2.75) is 19.3 Å². The van der Waals surface area contributed by atoms with Gasteiger partial charge in [-0.25, -0.2) is 0 Å². The first kappa shape index (κ1) is 32.3. The van der Waals surface area contributed by atoms with Crippen LogP contribution in [0, 0.1) is 0 Å². The van der Waals surface area contributed by atoms with E-state index < -0.39 is 0 Å². The minimum atomic E-state index is -0.234. The van der Waals surface area contributed by atoms with E-state index in [1.165, 1.54) is 55.6 Å². The lowest BCUT2D eigenvalue weighted by molar-refractivity contribution is 0.419. The molecule has 0 amide bonds. The fourth-order valence-corrected chi connectivity index (χ4v) is 7.84. The van der Waals surface area contributed by atoms with E-state index >= 15 is 0 Å². The Kier molecular flexibility index (Phi) is 8.21. The van der Waals surface area contributed by atoms with Gasteiger partial charge < -0.3 is 9.64 Å². The molecule has 2 nitrogen and oxygen atoms in total. The highest BCUT2D eigenvalue weighted by molar-refractivity contribution is 5.88. The molecule has 1 aliphatic heterocycles. The summed E-state index contributed by atoms with van der Waals surface area (Å²) in [6.45, 7) is 4.58. The summed E-state index contributed by atoms with van der Waals surface area (Å²) >= 11 is 0. The van der Waals surface area contributed by atoms with Gasteiger partial charge in [-0.1, -0.05) is 178 Å². The van der Waals surface area contributed by atoms with Crippen LogP contribution in [0.4, 0.5) is 17.1 Å². The highest BCUT2D eigenvalue weighted by atomic mass is 16.5. The summed E-state index contributed by atoms with van der Waals surface area (Å²) in [4.78, 5) is 2.34. The first-order valence-electron chi connectivity index (χ1n) is 18.3. The van der Waals surface area contributed by atoms with Gasteiger partial charge in [-0.05, 0) is 80.9 Å². The summed E-state index contributed by atoms with van der Waals surface area (Å²) in [5, 5.41) is 0. The molecule has 0 unspecified atom stereocenters. The second-order valence-corrected chi connectivity index (χ2v) is 14.1. The maximum absolute atomic E-state index is 6.84. The smallest absolute Gasteiger partial charge is 0.155 e. The van der Waals surface area contributed by atoms with Crippen LogP contribution in [0.15, 0.2) is 200 Å². The largest absolute Gasteiger partial charge is 0.455 e. The van der Waals surface area contributed by atoms with Gasteiger partial charge in [0.05, 0.1) is 5.69 Å². The zero-order valence-corrected chi connectivity index (χ0v) is 29.9. The molecule has 0 N–H and O–H groups in total. The van der Waals surface area contributed by atoms with Crippen LogP contribution < -0.4 is 9.64 Å². The van der Waals surface area contributed by atoms with Gasteiger partial charge in [0.2, 0.25) is 0 Å². The van der Waals surface area contributed by atoms with E-state index in [4.69, 9.17) is 4.74 Å². The number of rotatable bonds is 7. The van der Waals surface area contributed by atoms with Crippen molar-refractivity contribution in [1.82, 2.24) is 0 Å². The number of para-hydroxylation sites is 2. The second kappa shape index (κ2) is 13.5. The third kappa shape index (κ3) is 5.89. The molecule has 1 heterocycles. The summed E-state index contributed by atoms with van der Waals surface area (Å²) < 4.78 is 6.84. The molecular formula is C51H39NO. The van der Waals surface area contributed by atoms with E-state index in [1.807, 2.05) is 0 Å². The summed E-state index contributed by atoms with van der Waals surface area (Å²) in [7, 11) is 0. The van der Waals surface area contributed by atoms with Crippen LogP contribution in [0.5, 0.6) is 11.5 Å². The van der Waals surface area contributed by atoms with Gasteiger partial charge in [0.25, 0.3) is 0 Å². The number of ether oxygens (including phenoxy) is 1. The minimum Gasteiger partial charge on any atom is -0.455 e. The Morgan fingerprint density at radius 3 is 1.25 bits per heavy atom. The minimum absolute atomic E-state index is 0.234. The molecule has 8 aromatic carbocycles. The van der Waals surface area contributed by atoms with Crippen molar-refractivity contribution in [2.24, 2.45) is 0 Å². The van der Waals surface area contributed by atoms with Gasteiger partial charge in [0, 0.05) is 27.9 Å². The number of hydrogen-bond donors (Lipinski definition) is 0. The Morgan fingerprint density at radius 1 is 0.358 bits per heavy atom. The zero-order chi connectivity index (χ0) is 35.8. The lowest BCUT2D eigenvalue weighted by Crippen LogP contribution is -2.25. The Labute approximate surface area is 312 Å². The normalized spacial score (nSPS) is 12.6. The van der Waals surface area contributed by atoms with Crippen LogP contribution in [-0.4, -0.2) is 0 Å². The molecule has 9 rings (SSSR count). The molecule has 0 aliphatic carbocycles. The third-order valence-electron chi connectivity index (χ3n) is 10.6. The third-order valence-corrected chi connectivity index (χ3v) is 10.6. The zero-order valence-electron chi connectivity index (χ0n) is 29.9. The standard InChI is InChI=1S/C51H39NO/c1-51(2)46-24-13-14-27-49(46)53-50-47(51)25-15-26-48(50)52(40-32-28-38(29-33-40)44-22-11-9-20-42(44)36-16-5-3-6-17-36)41-34-30-39(31-35-41)45-23-12-10-21-43(45)37-18-7-4-8-19-37/h3-35H,1-2H3. The predicted octanol–water partition coefficient (Wildman–Crippen LogP) is 14.3. The predicted molar refractivity (Wildman–Crippen MR) is 222 cm³/mol. The first-order chi connectivity index (χ1) is 26.1. The van der Waals surface area contributed by atoms with E-state index in [-0.39, 0.29) is 5.41 Å². The van der Waals surface area contributed by atoms with Crippen molar-refractivity contribution in [3.63, 3.8) is 0 Å². The maximum atomic E-state index is 6.84. The molecular weight excluding hydrogens is 643 g/mol. The van der Waals surface area contributed by atoms with Crippen LogP contribution in [0.2, 0.25) is 0 Å². The average molecular weight is 682 g/mol. The molecule has 0 bridgehead atoms. The number of fused-ring (bicyclic) bond motifs is 2. The molecule has 0 aromatic heterocycles.